The number of likely N-dealkylation sites (tertiary alicyclic amines) is 1. The summed E-state index contributed by atoms with van der Waals surface area (Å²) < 4.78 is 13.5. The SMILES string of the molecule is O=C(CN1CCCCCC1CO)Nc1ccccc1F. The Bertz CT molecular complexity index is 453. The number of carbonyl (C=O) groups is 1. The van der Waals surface area contributed by atoms with Gasteiger partial charge >= 0.3 is 0 Å². The topological polar surface area (TPSA) is 52.6 Å². The summed E-state index contributed by atoms with van der Waals surface area (Å²) in [6.45, 7) is 1.06. The van der Waals surface area contributed by atoms with E-state index in [9.17, 15) is 14.3 Å². The molecule has 1 fully saturated rings. The van der Waals surface area contributed by atoms with E-state index >= 15 is 0 Å². The fourth-order valence-corrected chi connectivity index (χ4v) is 2.59. The van der Waals surface area contributed by atoms with Gasteiger partial charge in [0, 0.05) is 6.04 Å². The highest BCUT2D eigenvalue weighted by molar-refractivity contribution is 5.92. The first kappa shape index (κ1) is 14.9. The van der Waals surface area contributed by atoms with E-state index in [-0.39, 0.29) is 30.8 Å². The number of carbonyl (C=O) groups excluding carboxylic acids is 1. The van der Waals surface area contributed by atoms with E-state index in [0.717, 1.165) is 32.2 Å². The molecule has 1 unspecified atom stereocenters. The third-order valence-corrected chi connectivity index (χ3v) is 3.70. The Morgan fingerprint density at radius 3 is 2.90 bits per heavy atom. The van der Waals surface area contributed by atoms with Crippen molar-refractivity contribution in [3.05, 3.63) is 30.1 Å². The lowest BCUT2D eigenvalue weighted by molar-refractivity contribution is -0.118. The monoisotopic (exact) mass is 280 g/mol. The molecule has 1 amide bonds. The lowest BCUT2D eigenvalue weighted by atomic mass is 10.1. The van der Waals surface area contributed by atoms with Gasteiger partial charge in [-0.2, -0.15) is 0 Å². The number of hydrogen-bond acceptors (Lipinski definition) is 3. The Balaban J connectivity index is 1.94. The summed E-state index contributed by atoms with van der Waals surface area (Å²) in [6, 6.07) is 6.16. The molecule has 0 spiro atoms. The van der Waals surface area contributed by atoms with Crippen LogP contribution in [0.25, 0.3) is 0 Å². The first-order valence-corrected chi connectivity index (χ1v) is 7.10. The summed E-state index contributed by atoms with van der Waals surface area (Å²) >= 11 is 0. The first-order chi connectivity index (χ1) is 9.70. The highest BCUT2D eigenvalue weighted by Crippen LogP contribution is 2.17. The highest BCUT2D eigenvalue weighted by Gasteiger charge is 2.22. The van der Waals surface area contributed by atoms with Gasteiger partial charge in [-0.15, -0.1) is 0 Å². The van der Waals surface area contributed by atoms with Crippen LogP contribution in [0, 0.1) is 5.82 Å². The number of aliphatic hydroxyl groups excluding tert-OH is 1. The molecule has 2 rings (SSSR count). The van der Waals surface area contributed by atoms with Gasteiger partial charge in [0.25, 0.3) is 0 Å². The van der Waals surface area contributed by atoms with Gasteiger partial charge < -0.3 is 10.4 Å². The van der Waals surface area contributed by atoms with Gasteiger partial charge in [-0.25, -0.2) is 4.39 Å². The second-order valence-corrected chi connectivity index (χ2v) is 5.18. The van der Waals surface area contributed by atoms with Crippen molar-refractivity contribution in [1.82, 2.24) is 4.90 Å². The predicted molar refractivity (Wildman–Crippen MR) is 75.9 cm³/mol. The summed E-state index contributed by atoms with van der Waals surface area (Å²) in [7, 11) is 0. The second kappa shape index (κ2) is 7.36. The van der Waals surface area contributed by atoms with E-state index < -0.39 is 5.82 Å². The molecule has 4 nitrogen and oxygen atoms in total. The Hall–Kier alpha value is -1.46. The fraction of sp³-hybridized carbons (Fsp3) is 0.533. The number of rotatable bonds is 4. The second-order valence-electron chi connectivity index (χ2n) is 5.18. The Morgan fingerprint density at radius 2 is 2.15 bits per heavy atom. The Kier molecular flexibility index (Phi) is 5.49. The van der Waals surface area contributed by atoms with Gasteiger partial charge in [0.2, 0.25) is 5.91 Å². The third-order valence-electron chi connectivity index (χ3n) is 3.70. The number of para-hydroxylation sites is 1. The van der Waals surface area contributed by atoms with Crippen LogP contribution in [0.5, 0.6) is 0 Å². The molecule has 0 saturated carbocycles. The summed E-state index contributed by atoms with van der Waals surface area (Å²) in [5, 5.41) is 12.0. The third kappa shape index (κ3) is 4.02. The predicted octanol–water partition coefficient (Wildman–Crippen LogP) is 2.00. The van der Waals surface area contributed by atoms with Crippen molar-refractivity contribution in [2.45, 2.75) is 31.7 Å². The molecule has 0 aliphatic carbocycles. The fourth-order valence-electron chi connectivity index (χ4n) is 2.59. The molecule has 0 aromatic heterocycles. The van der Waals surface area contributed by atoms with E-state index in [1.165, 1.54) is 6.07 Å². The van der Waals surface area contributed by atoms with Crippen molar-refractivity contribution in [3.63, 3.8) is 0 Å². The average molecular weight is 280 g/mol. The largest absolute Gasteiger partial charge is 0.395 e. The number of benzene rings is 1. The lowest BCUT2D eigenvalue weighted by Crippen LogP contribution is -2.42. The molecule has 20 heavy (non-hydrogen) atoms. The summed E-state index contributed by atoms with van der Waals surface area (Å²) in [5.41, 5.74) is 0.202. The molecule has 110 valence electrons. The molecule has 1 saturated heterocycles. The number of nitrogens with zero attached hydrogens (tertiary/aromatic N) is 1. The Labute approximate surface area is 118 Å². The maximum absolute atomic E-state index is 13.5. The van der Waals surface area contributed by atoms with E-state index in [2.05, 4.69) is 5.32 Å². The zero-order valence-electron chi connectivity index (χ0n) is 11.5. The first-order valence-electron chi connectivity index (χ1n) is 7.10. The van der Waals surface area contributed by atoms with Gasteiger partial charge in [0.15, 0.2) is 0 Å². The number of nitrogens with one attached hydrogen (secondary N) is 1. The maximum Gasteiger partial charge on any atom is 0.238 e. The molecule has 1 heterocycles. The minimum absolute atomic E-state index is 0.0314. The molecular weight excluding hydrogens is 259 g/mol. The minimum Gasteiger partial charge on any atom is -0.395 e. The van der Waals surface area contributed by atoms with E-state index in [4.69, 9.17) is 0 Å². The minimum atomic E-state index is -0.435. The van der Waals surface area contributed by atoms with Crippen LogP contribution in [0.4, 0.5) is 10.1 Å². The molecule has 1 aliphatic rings. The molecule has 1 aromatic rings. The van der Waals surface area contributed by atoms with Crippen LogP contribution in [0.1, 0.15) is 25.7 Å². The Morgan fingerprint density at radius 1 is 1.35 bits per heavy atom. The molecule has 5 heteroatoms. The van der Waals surface area contributed by atoms with Gasteiger partial charge in [-0.05, 0) is 31.5 Å². The van der Waals surface area contributed by atoms with Crippen molar-refractivity contribution in [1.29, 1.82) is 0 Å². The van der Waals surface area contributed by atoms with Crippen LogP contribution in [0.3, 0.4) is 0 Å². The van der Waals surface area contributed by atoms with Crippen LogP contribution >= 0.6 is 0 Å². The van der Waals surface area contributed by atoms with E-state index in [1.54, 1.807) is 18.2 Å². The number of halogens is 1. The van der Waals surface area contributed by atoms with E-state index in [0.29, 0.717) is 0 Å². The zero-order chi connectivity index (χ0) is 14.4. The molecule has 2 N–H and O–H groups in total. The molecule has 1 aliphatic heterocycles. The summed E-state index contributed by atoms with van der Waals surface area (Å²) in [4.78, 5) is 14.0. The van der Waals surface area contributed by atoms with Crippen LogP contribution in [0.15, 0.2) is 24.3 Å². The summed E-state index contributed by atoms with van der Waals surface area (Å²) in [5.74, 6) is -0.675. The van der Waals surface area contributed by atoms with Crippen LogP contribution < -0.4 is 5.32 Å². The highest BCUT2D eigenvalue weighted by atomic mass is 19.1. The lowest BCUT2D eigenvalue weighted by Gasteiger charge is -2.27. The zero-order valence-corrected chi connectivity index (χ0v) is 11.5. The quantitative estimate of drug-likeness (QED) is 0.887. The molecule has 1 aromatic carbocycles. The van der Waals surface area contributed by atoms with Crippen LogP contribution in [0.2, 0.25) is 0 Å². The van der Waals surface area contributed by atoms with Crippen molar-refractivity contribution in [2.75, 3.05) is 25.0 Å². The van der Waals surface area contributed by atoms with E-state index in [1.807, 2.05) is 4.90 Å². The van der Waals surface area contributed by atoms with Gasteiger partial charge in [-0.3, -0.25) is 9.69 Å². The molecule has 0 bridgehead atoms. The number of aliphatic hydroxyl groups is 1. The van der Waals surface area contributed by atoms with Crippen molar-refractivity contribution < 1.29 is 14.3 Å². The summed E-state index contributed by atoms with van der Waals surface area (Å²) in [6.07, 6.45) is 4.14. The smallest absolute Gasteiger partial charge is 0.238 e. The van der Waals surface area contributed by atoms with Crippen LogP contribution in [-0.4, -0.2) is 41.7 Å². The van der Waals surface area contributed by atoms with Gasteiger partial charge in [-0.1, -0.05) is 25.0 Å². The number of hydrogen-bond donors (Lipinski definition) is 2. The average Bonchev–Trinajstić information content (AvgIpc) is 2.66. The molecular formula is C15H21FN2O2. The van der Waals surface area contributed by atoms with Crippen molar-refractivity contribution in [3.8, 4) is 0 Å². The molecule has 0 radical (unpaired) electrons. The van der Waals surface area contributed by atoms with Crippen LogP contribution in [-0.2, 0) is 4.79 Å². The molecule has 1 atom stereocenters. The van der Waals surface area contributed by atoms with Crippen molar-refractivity contribution in [2.24, 2.45) is 0 Å². The number of amides is 1. The number of anilines is 1. The van der Waals surface area contributed by atoms with Gasteiger partial charge in [0.05, 0.1) is 18.8 Å². The van der Waals surface area contributed by atoms with Crippen molar-refractivity contribution >= 4 is 11.6 Å². The van der Waals surface area contributed by atoms with Gasteiger partial charge in [0.1, 0.15) is 5.82 Å². The maximum atomic E-state index is 13.5. The standard InChI is InChI=1S/C15H21FN2O2/c16-13-7-3-4-8-14(13)17-15(20)10-18-9-5-1-2-6-12(18)11-19/h3-4,7-8,12,19H,1-2,5-6,9-11H2,(H,17,20). The normalized spacial score (nSPS) is 20.4.